The molecule has 2 aromatic carbocycles. The van der Waals surface area contributed by atoms with Gasteiger partial charge in [0, 0.05) is 45.2 Å². The smallest absolute Gasteiger partial charge is 0.222 e. The number of nitrogens with one attached hydrogen (secondary N) is 2. The van der Waals surface area contributed by atoms with Gasteiger partial charge in [-0.25, -0.2) is 0 Å². The van der Waals surface area contributed by atoms with Gasteiger partial charge in [0.1, 0.15) is 5.75 Å². The average molecular weight is 548 g/mol. The van der Waals surface area contributed by atoms with Crippen LogP contribution in [0.25, 0.3) is 0 Å². The highest BCUT2D eigenvalue weighted by molar-refractivity contribution is 14.0. The quantitative estimate of drug-likeness (QED) is 0.282. The first kappa shape index (κ1) is 24.4. The molecule has 1 heterocycles. The van der Waals surface area contributed by atoms with Crippen LogP contribution in [0.2, 0.25) is 0 Å². The zero-order chi connectivity index (χ0) is 21.5. The van der Waals surface area contributed by atoms with Gasteiger partial charge in [-0.15, -0.1) is 24.0 Å². The van der Waals surface area contributed by atoms with E-state index in [9.17, 15) is 4.79 Å². The number of likely N-dealkylation sites (tertiary alicyclic amines) is 1. The van der Waals surface area contributed by atoms with Crippen LogP contribution >= 0.6 is 24.0 Å². The average Bonchev–Trinajstić information content (AvgIpc) is 3.55. The highest BCUT2D eigenvalue weighted by Crippen LogP contribution is 2.30. The van der Waals surface area contributed by atoms with Crippen molar-refractivity contribution < 1.29 is 9.53 Å². The van der Waals surface area contributed by atoms with Gasteiger partial charge >= 0.3 is 0 Å². The van der Waals surface area contributed by atoms with Crippen molar-refractivity contribution in [2.24, 2.45) is 10.9 Å². The van der Waals surface area contributed by atoms with Crippen molar-refractivity contribution in [2.45, 2.75) is 45.3 Å². The Morgan fingerprint density at radius 3 is 2.47 bits per heavy atom. The summed E-state index contributed by atoms with van der Waals surface area (Å²) in [6.07, 6.45) is 4.23. The fourth-order valence-electron chi connectivity index (χ4n) is 3.72. The maximum Gasteiger partial charge on any atom is 0.222 e. The van der Waals surface area contributed by atoms with Gasteiger partial charge in [-0.05, 0) is 42.4 Å². The molecule has 0 bridgehead atoms. The lowest BCUT2D eigenvalue weighted by molar-refractivity contribution is -0.128. The molecule has 7 heteroatoms. The number of carbonyl (C=O) groups excluding carboxylic acids is 1. The molecule has 0 spiro atoms. The Kier molecular flexibility index (Phi) is 9.20. The molecule has 0 radical (unpaired) electrons. The number of halogens is 1. The summed E-state index contributed by atoms with van der Waals surface area (Å²) in [7, 11) is 1.78. The van der Waals surface area contributed by atoms with Crippen LogP contribution in [0.15, 0.2) is 53.5 Å². The maximum atomic E-state index is 11.8. The van der Waals surface area contributed by atoms with Crippen LogP contribution in [-0.2, 0) is 24.4 Å². The second-order valence-electron chi connectivity index (χ2n) is 8.38. The number of amides is 1. The van der Waals surface area contributed by atoms with Crippen molar-refractivity contribution >= 4 is 35.8 Å². The summed E-state index contributed by atoms with van der Waals surface area (Å²) >= 11 is 0. The summed E-state index contributed by atoms with van der Waals surface area (Å²) in [5.74, 6) is 2.70. The Labute approximate surface area is 207 Å². The summed E-state index contributed by atoms with van der Waals surface area (Å²) in [5, 5.41) is 6.75. The molecule has 172 valence electrons. The summed E-state index contributed by atoms with van der Waals surface area (Å²) < 4.78 is 6.00. The highest BCUT2D eigenvalue weighted by Gasteiger charge is 2.22. The van der Waals surface area contributed by atoms with E-state index < -0.39 is 0 Å². The molecule has 0 atom stereocenters. The van der Waals surface area contributed by atoms with E-state index in [1.165, 1.54) is 24.0 Å². The lowest BCUT2D eigenvalue weighted by Gasteiger charge is -2.16. The predicted octanol–water partition coefficient (Wildman–Crippen LogP) is 4.08. The molecule has 2 aromatic rings. The standard InChI is InChI=1S/C25H32N4O2.HI/c1-26-25(28-16-22-5-2-3-6-23(22)31-18-21-12-13-21)27-15-19-8-10-20(11-9-19)17-29-14-4-7-24(29)30;/h2-3,5-6,8-11,21H,4,7,12-18H2,1H3,(H2,26,27,28);1H. The normalized spacial score (nSPS) is 16.0. The van der Waals surface area contributed by atoms with Crippen LogP contribution in [0, 0.1) is 5.92 Å². The van der Waals surface area contributed by atoms with E-state index in [1.807, 2.05) is 23.1 Å². The van der Waals surface area contributed by atoms with E-state index in [0.717, 1.165) is 42.8 Å². The second kappa shape index (κ2) is 12.1. The maximum absolute atomic E-state index is 11.8. The van der Waals surface area contributed by atoms with E-state index in [2.05, 4.69) is 46.0 Å². The van der Waals surface area contributed by atoms with Crippen LogP contribution in [0.3, 0.4) is 0 Å². The second-order valence-corrected chi connectivity index (χ2v) is 8.38. The number of benzene rings is 2. The monoisotopic (exact) mass is 548 g/mol. The molecule has 0 aromatic heterocycles. The molecule has 2 N–H and O–H groups in total. The first-order valence-electron chi connectivity index (χ1n) is 11.2. The molecule has 1 aliphatic carbocycles. The number of ether oxygens (including phenoxy) is 1. The Bertz CT molecular complexity index is 912. The summed E-state index contributed by atoms with van der Waals surface area (Å²) in [6, 6.07) is 16.6. The van der Waals surface area contributed by atoms with Crippen molar-refractivity contribution in [2.75, 3.05) is 20.2 Å². The zero-order valence-electron chi connectivity index (χ0n) is 18.7. The predicted molar refractivity (Wildman–Crippen MR) is 138 cm³/mol. The van der Waals surface area contributed by atoms with Gasteiger partial charge in [-0.1, -0.05) is 42.5 Å². The number of rotatable bonds is 9. The van der Waals surface area contributed by atoms with Crippen molar-refractivity contribution in [1.29, 1.82) is 0 Å². The van der Waals surface area contributed by atoms with Gasteiger partial charge in [0.15, 0.2) is 5.96 Å². The lowest BCUT2D eigenvalue weighted by Crippen LogP contribution is -2.36. The molecule has 4 rings (SSSR count). The highest BCUT2D eigenvalue weighted by atomic mass is 127. The minimum atomic E-state index is 0. The van der Waals surface area contributed by atoms with E-state index in [-0.39, 0.29) is 29.9 Å². The van der Waals surface area contributed by atoms with Crippen LogP contribution < -0.4 is 15.4 Å². The van der Waals surface area contributed by atoms with Crippen molar-refractivity contribution in [1.82, 2.24) is 15.5 Å². The minimum absolute atomic E-state index is 0. The first-order chi connectivity index (χ1) is 15.2. The third-order valence-corrected chi connectivity index (χ3v) is 5.84. The molecule has 0 unspecified atom stereocenters. The van der Waals surface area contributed by atoms with Crippen LogP contribution in [0.1, 0.15) is 42.4 Å². The van der Waals surface area contributed by atoms with E-state index >= 15 is 0 Å². The number of para-hydroxylation sites is 1. The van der Waals surface area contributed by atoms with Gasteiger partial charge in [0.25, 0.3) is 0 Å². The zero-order valence-corrected chi connectivity index (χ0v) is 21.0. The minimum Gasteiger partial charge on any atom is -0.493 e. The molecule has 1 amide bonds. The molecule has 1 aliphatic heterocycles. The Morgan fingerprint density at radius 1 is 1.06 bits per heavy atom. The molecule has 2 aliphatic rings. The van der Waals surface area contributed by atoms with Crippen LogP contribution in [0.4, 0.5) is 0 Å². The first-order valence-corrected chi connectivity index (χ1v) is 11.2. The van der Waals surface area contributed by atoms with Crippen molar-refractivity contribution in [3.8, 4) is 5.75 Å². The van der Waals surface area contributed by atoms with Crippen molar-refractivity contribution in [3.05, 3.63) is 65.2 Å². The van der Waals surface area contributed by atoms with Gasteiger partial charge in [0.05, 0.1) is 6.61 Å². The number of hydrogen-bond donors (Lipinski definition) is 2. The number of aliphatic imine (C=N–C) groups is 1. The summed E-state index contributed by atoms with van der Waals surface area (Å²) in [5.41, 5.74) is 3.48. The number of hydrogen-bond acceptors (Lipinski definition) is 3. The van der Waals surface area contributed by atoms with E-state index in [1.54, 1.807) is 7.05 Å². The van der Waals surface area contributed by atoms with Crippen LogP contribution in [0.5, 0.6) is 5.75 Å². The molecular weight excluding hydrogens is 515 g/mol. The van der Waals surface area contributed by atoms with Gasteiger partial charge in [-0.2, -0.15) is 0 Å². The SMILES string of the molecule is CN=C(NCc1ccc(CN2CCCC2=O)cc1)NCc1ccccc1OCC1CC1.I. The number of nitrogens with zero attached hydrogens (tertiary/aromatic N) is 2. The van der Waals surface area contributed by atoms with Gasteiger partial charge < -0.3 is 20.3 Å². The van der Waals surface area contributed by atoms with Gasteiger partial charge in [0.2, 0.25) is 5.91 Å². The molecular formula is C25H33IN4O2. The van der Waals surface area contributed by atoms with Gasteiger partial charge in [-0.3, -0.25) is 9.79 Å². The molecule has 1 saturated carbocycles. The number of carbonyl (C=O) groups is 1. The Hall–Kier alpha value is -2.29. The third kappa shape index (κ3) is 7.12. The van der Waals surface area contributed by atoms with E-state index in [4.69, 9.17) is 4.74 Å². The van der Waals surface area contributed by atoms with E-state index in [0.29, 0.717) is 26.1 Å². The topological polar surface area (TPSA) is 66.0 Å². The third-order valence-electron chi connectivity index (χ3n) is 5.84. The molecule has 2 fully saturated rings. The lowest BCUT2D eigenvalue weighted by atomic mass is 10.1. The summed E-state index contributed by atoms with van der Waals surface area (Å²) in [6.45, 7) is 3.73. The Morgan fingerprint density at radius 2 is 1.78 bits per heavy atom. The largest absolute Gasteiger partial charge is 0.493 e. The fourth-order valence-corrected chi connectivity index (χ4v) is 3.72. The van der Waals surface area contributed by atoms with Crippen LogP contribution in [-0.4, -0.2) is 37.0 Å². The molecule has 32 heavy (non-hydrogen) atoms. The fraction of sp³-hybridized carbons (Fsp3) is 0.440. The molecule has 6 nitrogen and oxygen atoms in total. The summed E-state index contributed by atoms with van der Waals surface area (Å²) in [4.78, 5) is 18.1. The van der Waals surface area contributed by atoms with Crippen molar-refractivity contribution in [3.63, 3.8) is 0 Å². The molecule has 1 saturated heterocycles. The number of guanidine groups is 1. The Balaban J connectivity index is 0.00000289.